The van der Waals surface area contributed by atoms with Crippen molar-refractivity contribution in [1.82, 2.24) is 14.9 Å². The lowest BCUT2D eigenvalue weighted by molar-refractivity contribution is -0.124. The molecule has 0 radical (unpaired) electrons. The summed E-state index contributed by atoms with van der Waals surface area (Å²) >= 11 is 1.34. The van der Waals surface area contributed by atoms with Gasteiger partial charge in [-0.3, -0.25) is 9.36 Å². The zero-order chi connectivity index (χ0) is 19.1. The van der Waals surface area contributed by atoms with E-state index in [0.717, 1.165) is 12.8 Å². The molecule has 0 aliphatic carbocycles. The van der Waals surface area contributed by atoms with Gasteiger partial charge in [0, 0.05) is 11.7 Å². The van der Waals surface area contributed by atoms with Crippen LogP contribution in [0.4, 0.5) is 4.39 Å². The molecule has 26 heavy (non-hydrogen) atoms. The lowest BCUT2D eigenvalue weighted by atomic mass is 10.2. The first kappa shape index (κ1) is 20.0. The molecule has 2 aromatic rings. The summed E-state index contributed by atoms with van der Waals surface area (Å²) in [6, 6.07) is 5.73. The van der Waals surface area contributed by atoms with E-state index in [9.17, 15) is 14.0 Å². The number of imidazole rings is 1. The van der Waals surface area contributed by atoms with Gasteiger partial charge in [-0.25, -0.2) is 14.2 Å². The lowest BCUT2D eigenvalue weighted by Crippen LogP contribution is -2.35. The van der Waals surface area contributed by atoms with Gasteiger partial charge in [-0.15, -0.1) is 0 Å². The van der Waals surface area contributed by atoms with Crippen LogP contribution in [0.3, 0.4) is 0 Å². The Morgan fingerprint density at radius 3 is 2.65 bits per heavy atom. The molecular formula is C18H22FN3O3S. The van der Waals surface area contributed by atoms with E-state index >= 15 is 0 Å². The minimum Gasteiger partial charge on any atom is -0.451 e. The molecular weight excluding hydrogens is 357 g/mol. The van der Waals surface area contributed by atoms with Gasteiger partial charge in [0.25, 0.3) is 5.91 Å². The normalized spacial score (nSPS) is 11.8. The van der Waals surface area contributed by atoms with Crippen LogP contribution in [0.15, 0.2) is 35.6 Å². The molecule has 0 saturated heterocycles. The molecule has 140 valence electrons. The Hall–Kier alpha value is -2.35. The third-order valence-corrected chi connectivity index (χ3v) is 4.32. The van der Waals surface area contributed by atoms with Gasteiger partial charge < -0.3 is 10.1 Å². The van der Waals surface area contributed by atoms with E-state index in [2.05, 4.69) is 10.3 Å². The number of thioether (sulfide) groups is 1. The Kier molecular flexibility index (Phi) is 7.20. The quantitative estimate of drug-likeness (QED) is 0.563. The number of amides is 1. The van der Waals surface area contributed by atoms with Crippen LogP contribution in [0.5, 0.6) is 0 Å². The van der Waals surface area contributed by atoms with Crippen LogP contribution in [0.2, 0.25) is 0 Å². The molecule has 1 unspecified atom stereocenters. The summed E-state index contributed by atoms with van der Waals surface area (Å²) in [5.41, 5.74) is 0.761. The minimum atomic E-state index is -0.666. The number of aromatic nitrogens is 2. The standard InChI is InChI=1S/C18H22FN3O3S/c1-4-5-12(2)21-16(23)11-25-17(24)15-10-20-18(26-3)22(15)14-8-6-13(19)7-9-14/h6-10,12H,4-5,11H2,1-3H3,(H,21,23). The number of rotatable bonds is 8. The smallest absolute Gasteiger partial charge is 0.357 e. The second-order valence-corrected chi connectivity index (χ2v) is 6.55. The Bertz CT molecular complexity index is 762. The molecule has 1 heterocycles. The summed E-state index contributed by atoms with van der Waals surface area (Å²) in [5, 5.41) is 3.33. The monoisotopic (exact) mass is 379 g/mol. The number of hydrogen-bond acceptors (Lipinski definition) is 5. The van der Waals surface area contributed by atoms with Crippen molar-refractivity contribution in [2.24, 2.45) is 0 Å². The highest BCUT2D eigenvalue weighted by Crippen LogP contribution is 2.22. The molecule has 6 nitrogen and oxygen atoms in total. The number of carbonyl (C=O) groups is 2. The van der Waals surface area contributed by atoms with Crippen molar-refractivity contribution in [2.75, 3.05) is 12.9 Å². The zero-order valence-corrected chi connectivity index (χ0v) is 15.8. The van der Waals surface area contributed by atoms with Gasteiger partial charge in [-0.2, -0.15) is 0 Å². The van der Waals surface area contributed by atoms with E-state index < -0.39 is 5.97 Å². The van der Waals surface area contributed by atoms with E-state index in [0.29, 0.717) is 10.8 Å². The number of esters is 1. The van der Waals surface area contributed by atoms with Gasteiger partial charge in [0.2, 0.25) is 0 Å². The average Bonchev–Trinajstić information content (AvgIpc) is 3.04. The maximum atomic E-state index is 13.2. The molecule has 0 saturated carbocycles. The predicted octanol–water partition coefficient (Wildman–Crippen LogP) is 3.19. The summed E-state index contributed by atoms with van der Waals surface area (Å²) in [5.74, 6) is -1.39. The highest BCUT2D eigenvalue weighted by atomic mass is 32.2. The summed E-state index contributed by atoms with van der Waals surface area (Å²) in [4.78, 5) is 28.5. The fourth-order valence-electron chi connectivity index (χ4n) is 2.49. The molecule has 1 aromatic carbocycles. The molecule has 0 spiro atoms. The second kappa shape index (κ2) is 9.38. The van der Waals surface area contributed by atoms with Crippen molar-refractivity contribution in [3.8, 4) is 5.69 Å². The Labute approximate surface area is 156 Å². The number of ether oxygens (including phenoxy) is 1. The molecule has 1 amide bonds. The number of nitrogens with one attached hydrogen (secondary N) is 1. The van der Waals surface area contributed by atoms with Gasteiger partial charge in [0.1, 0.15) is 5.82 Å². The van der Waals surface area contributed by atoms with Crippen molar-refractivity contribution < 1.29 is 18.7 Å². The van der Waals surface area contributed by atoms with E-state index in [1.165, 1.54) is 30.1 Å². The van der Waals surface area contributed by atoms with E-state index in [-0.39, 0.29) is 30.1 Å². The summed E-state index contributed by atoms with van der Waals surface area (Å²) < 4.78 is 19.9. The minimum absolute atomic E-state index is 0.0269. The van der Waals surface area contributed by atoms with Gasteiger partial charge in [0.15, 0.2) is 17.5 Å². The predicted molar refractivity (Wildman–Crippen MR) is 98.1 cm³/mol. The summed E-state index contributed by atoms with van der Waals surface area (Å²) in [7, 11) is 0. The van der Waals surface area contributed by atoms with Crippen LogP contribution in [-0.4, -0.2) is 40.3 Å². The van der Waals surface area contributed by atoms with Crippen molar-refractivity contribution in [3.05, 3.63) is 42.0 Å². The van der Waals surface area contributed by atoms with Crippen LogP contribution >= 0.6 is 11.8 Å². The summed E-state index contributed by atoms with van der Waals surface area (Å²) in [6.07, 6.45) is 5.01. The van der Waals surface area contributed by atoms with E-state index in [4.69, 9.17) is 4.74 Å². The highest BCUT2D eigenvalue weighted by Gasteiger charge is 2.20. The van der Waals surface area contributed by atoms with E-state index in [1.54, 1.807) is 16.7 Å². The molecule has 1 N–H and O–H groups in total. The maximum Gasteiger partial charge on any atom is 0.357 e. The second-order valence-electron chi connectivity index (χ2n) is 5.78. The third kappa shape index (κ3) is 5.08. The van der Waals surface area contributed by atoms with Crippen molar-refractivity contribution >= 4 is 23.6 Å². The van der Waals surface area contributed by atoms with Gasteiger partial charge in [-0.05, 0) is 43.9 Å². The molecule has 0 aliphatic rings. The lowest BCUT2D eigenvalue weighted by Gasteiger charge is -2.13. The number of nitrogens with zero attached hydrogens (tertiary/aromatic N) is 2. The number of halogens is 1. The zero-order valence-electron chi connectivity index (χ0n) is 15.0. The highest BCUT2D eigenvalue weighted by molar-refractivity contribution is 7.98. The van der Waals surface area contributed by atoms with Gasteiger partial charge in [-0.1, -0.05) is 25.1 Å². The topological polar surface area (TPSA) is 73.2 Å². The molecule has 0 fully saturated rings. The Morgan fingerprint density at radius 1 is 1.35 bits per heavy atom. The largest absolute Gasteiger partial charge is 0.451 e. The van der Waals surface area contributed by atoms with Crippen LogP contribution in [0.1, 0.15) is 37.2 Å². The fraction of sp³-hybridized carbons (Fsp3) is 0.389. The molecule has 1 aromatic heterocycles. The average molecular weight is 379 g/mol. The molecule has 2 rings (SSSR count). The number of benzene rings is 1. The summed E-state index contributed by atoms with van der Waals surface area (Å²) in [6.45, 7) is 3.57. The fourth-order valence-corrected chi connectivity index (χ4v) is 3.03. The van der Waals surface area contributed by atoms with Crippen LogP contribution in [0.25, 0.3) is 5.69 Å². The van der Waals surface area contributed by atoms with Gasteiger partial charge >= 0.3 is 5.97 Å². The Balaban J connectivity index is 2.11. The van der Waals surface area contributed by atoms with Crippen molar-refractivity contribution in [3.63, 3.8) is 0 Å². The molecule has 0 bridgehead atoms. The first-order valence-electron chi connectivity index (χ1n) is 8.30. The van der Waals surface area contributed by atoms with Crippen LogP contribution < -0.4 is 5.32 Å². The van der Waals surface area contributed by atoms with E-state index in [1.807, 2.05) is 20.1 Å². The van der Waals surface area contributed by atoms with Crippen LogP contribution in [-0.2, 0) is 9.53 Å². The number of carbonyl (C=O) groups excluding carboxylic acids is 2. The van der Waals surface area contributed by atoms with Crippen molar-refractivity contribution in [1.29, 1.82) is 0 Å². The van der Waals surface area contributed by atoms with Crippen molar-refractivity contribution in [2.45, 2.75) is 37.9 Å². The molecule has 0 aliphatic heterocycles. The first-order chi connectivity index (χ1) is 12.5. The number of hydrogen-bond donors (Lipinski definition) is 1. The molecule has 1 atom stereocenters. The Morgan fingerprint density at radius 2 is 2.04 bits per heavy atom. The van der Waals surface area contributed by atoms with Gasteiger partial charge in [0.05, 0.1) is 6.20 Å². The van der Waals surface area contributed by atoms with Crippen LogP contribution in [0, 0.1) is 5.82 Å². The molecule has 8 heteroatoms. The first-order valence-corrected chi connectivity index (χ1v) is 9.52. The third-order valence-electron chi connectivity index (χ3n) is 3.67. The maximum absolute atomic E-state index is 13.2. The SMILES string of the molecule is CCCC(C)NC(=O)COC(=O)c1cnc(SC)n1-c1ccc(F)cc1.